The fourth-order valence-electron chi connectivity index (χ4n) is 2.50. The van der Waals surface area contributed by atoms with Crippen LogP contribution in [-0.2, 0) is 7.05 Å². The van der Waals surface area contributed by atoms with Gasteiger partial charge in [-0.2, -0.15) is 5.10 Å². The number of nitrogens with one attached hydrogen (secondary N) is 1. The molecule has 0 radical (unpaired) electrons. The molecule has 0 aromatic carbocycles. The Hall–Kier alpha value is -1.89. The molecule has 112 valence electrons. The van der Waals surface area contributed by atoms with Gasteiger partial charge in [0.2, 0.25) is 0 Å². The Bertz CT molecular complexity index is 627. The topological polar surface area (TPSA) is 63.1 Å². The van der Waals surface area contributed by atoms with Crippen molar-refractivity contribution in [2.75, 3.05) is 18.0 Å². The molecule has 1 fully saturated rings. The molecule has 0 saturated carbocycles. The Morgan fingerprint density at radius 1 is 1.43 bits per heavy atom. The van der Waals surface area contributed by atoms with E-state index in [-0.39, 0.29) is 11.9 Å². The molecular formula is C14H19N5OS. The van der Waals surface area contributed by atoms with Gasteiger partial charge in [0.05, 0.1) is 5.69 Å². The third kappa shape index (κ3) is 3.24. The van der Waals surface area contributed by atoms with Crippen molar-refractivity contribution in [3.05, 3.63) is 29.0 Å². The number of hydrogen-bond acceptors (Lipinski definition) is 5. The maximum Gasteiger partial charge on any atom is 0.271 e. The summed E-state index contributed by atoms with van der Waals surface area (Å²) in [5, 5.41) is 10.4. The van der Waals surface area contributed by atoms with Crippen molar-refractivity contribution in [2.24, 2.45) is 7.05 Å². The molecule has 1 N–H and O–H groups in total. The molecule has 7 heteroatoms. The van der Waals surface area contributed by atoms with Crippen molar-refractivity contribution in [1.29, 1.82) is 0 Å². The van der Waals surface area contributed by atoms with E-state index in [9.17, 15) is 4.79 Å². The summed E-state index contributed by atoms with van der Waals surface area (Å²) in [4.78, 5) is 18.9. The van der Waals surface area contributed by atoms with Crippen LogP contribution < -0.4 is 10.2 Å². The minimum Gasteiger partial charge on any atom is -0.348 e. The van der Waals surface area contributed by atoms with Crippen LogP contribution in [0.3, 0.4) is 0 Å². The molecule has 21 heavy (non-hydrogen) atoms. The Balaban J connectivity index is 1.53. The van der Waals surface area contributed by atoms with E-state index in [2.05, 4.69) is 25.7 Å². The van der Waals surface area contributed by atoms with Gasteiger partial charge in [-0.15, -0.1) is 11.3 Å². The van der Waals surface area contributed by atoms with Crippen LogP contribution in [-0.4, -0.2) is 39.8 Å². The SMILES string of the molecule is Cc1csc(N2CCC(NC(=O)c3ccn(C)n3)CC2)n1. The maximum atomic E-state index is 12.1. The summed E-state index contributed by atoms with van der Waals surface area (Å²) in [6.07, 6.45) is 3.66. The lowest BCUT2D eigenvalue weighted by molar-refractivity contribution is 0.0925. The summed E-state index contributed by atoms with van der Waals surface area (Å²) < 4.78 is 1.64. The van der Waals surface area contributed by atoms with Gasteiger partial charge in [0.15, 0.2) is 5.13 Å². The zero-order chi connectivity index (χ0) is 14.8. The van der Waals surface area contributed by atoms with Gasteiger partial charge in [-0.3, -0.25) is 9.48 Å². The average Bonchev–Trinajstić information content (AvgIpc) is 3.08. The quantitative estimate of drug-likeness (QED) is 0.935. The van der Waals surface area contributed by atoms with E-state index in [4.69, 9.17) is 0 Å². The second-order valence-corrected chi connectivity index (χ2v) is 6.22. The van der Waals surface area contributed by atoms with Crippen LogP contribution >= 0.6 is 11.3 Å². The summed E-state index contributed by atoms with van der Waals surface area (Å²) in [7, 11) is 1.81. The van der Waals surface area contributed by atoms with E-state index in [0.29, 0.717) is 5.69 Å². The van der Waals surface area contributed by atoms with Gasteiger partial charge >= 0.3 is 0 Å². The molecule has 3 heterocycles. The largest absolute Gasteiger partial charge is 0.348 e. The van der Waals surface area contributed by atoms with Crippen LogP contribution in [0.1, 0.15) is 29.0 Å². The Kier molecular flexibility index (Phi) is 3.92. The molecule has 1 aliphatic heterocycles. The first kappa shape index (κ1) is 14.1. The van der Waals surface area contributed by atoms with Gasteiger partial charge in [0.25, 0.3) is 5.91 Å². The molecule has 3 rings (SSSR count). The molecule has 1 saturated heterocycles. The van der Waals surface area contributed by atoms with Crippen LogP contribution in [0.15, 0.2) is 17.6 Å². The van der Waals surface area contributed by atoms with Gasteiger partial charge < -0.3 is 10.2 Å². The third-order valence-electron chi connectivity index (χ3n) is 3.65. The lowest BCUT2D eigenvalue weighted by Gasteiger charge is -2.32. The molecule has 1 amide bonds. The lowest BCUT2D eigenvalue weighted by atomic mass is 10.1. The molecule has 0 spiro atoms. The predicted octanol–water partition coefficient (Wildman–Crippen LogP) is 1.58. The van der Waals surface area contributed by atoms with E-state index in [1.165, 1.54) is 0 Å². The molecule has 0 bridgehead atoms. The predicted molar refractivity (Wildman–Crippen MR) is 82.8 cm³/mol. The second kappa shape index (κ2) is 5.85. The monoisotopic (exact) mass is 305 g/mol. The smallest absolute Gasteiger partial charge is 0.271 e. The fraction of sp³-hybridized carbons (Fsp3) is 0.500. The van der Waals surface area contributed by atoms with Crippen molar-refractivity contribution >= 4 is 22.4 Å². The van der Waals surface area contributed by atoms with Crippen LogP contribution in [0.5, 0.6) is 0 Å². The Morgan fingerprint density at radius 3 is 2.76 bits per heavy atom. The van der Waals surface area contributed by atoms with Gasteiger partial charge in [-0.05, 0) is 25.8 Å². The number of amides is 1. The number of hydrogen-bond donors (Lipinski definition) is 1. The summed E-state index contributed by atoms with van der Waals surface area (Å²) >= 11 is 1.69. The summed E-state index contributed by atoms with van der Waals surface area (Å²) in [6, 6.07) is 1.96. The molecule has 0 aliphatic carbocycles. The normalized spacial score (nSPS) is 16.2. The number of thiazole rings is 1. The van der Waals surface area contributed by atoms with Crippen LogP contribution in [0.4, 0.5) is 5.13 Å². The Labute approximate surface area is 127 Å². The molecule has 2 aromatic rings. The molecule has 2 aromatic heterocycles. The zero-order valence-electron chi connectivity index (χ0n) is 12.2. The second-order valence-electron chi connectivity index (χ2n) is 5.38. The number of piperidine rings is 1. The highest BCUT2D eigenvalue weighted by Crippen LogP contribution is 2.23. The van der Waals surface area contributed by atoms with Crippen LogP contribution in [0.25, 0.3) is 0 Å². The van der Waals surface area contributed by atoms with Gasteiger partial charge in [-0.1, -0.05) is 0 Å². The summed E-state index contributed by atoms with van der Waals surface area (Å²) in [5.74, 6) is -0.0841. The highest BCUT2D eigenvalue weighted by atomic mass is 32.1. The number of aromatic nitrogens is 3. The van der Waals surface area contributed by atoms with Crippen molar-refractivity contribution in [3.63, 3.8) is 0 Å². The molecule has 0 unspecified atom stereocenters. The number of carbonyl (C=O) groups excluding carboxylic acids is 1. The zero-order valence-corrected chi connectivity index (χ0v) is 13.1. The van der Waals surface area contributed by atoms with E-state index in [1.54, 1.807) is 28.3 Å². The van der Waals surface area contributed by atoms with Gasteiger partial charge in [0.1, 0.15) is 5.69 Å². The molecule has 1 aliphatic rings. The first-order chi connectivity index (χ1) is 10.1. The third-order valence-corrected chi connectivity index (χ3v) is 4.67. The fourth-order valence-corrected chi connectivity index (χ4v) is 3.35. The summed E-state index contributed by atoms with van der Waals surface area (Å²) in [5.41, 5.74) is 1.55. The first-order valence-corrected chi connectivity index (χ1v) is 7.97. The standard InChI is InChI=1S/C14H19N5OS/c1-10-9-21-14(15-10)19-7-3-11(4-8-19)16-13(20)12-5-6-18(2)17-12/h5-6,9,11H,3-4,7-8H2,1-2H3,(H,16,20). The van der Waals surface area contributed by atoms with E-state index >= 15 is 0 Å². The van der Waals surface area contributed by atoms with Crippen molar-refractivity contribution in [1.82, 2.24) is 20.1 Å². The van der Waals surface area contributed by atoms with Crippen molar-refractivity contribution in [2.45, 2.75) is 25.8 Å². The highest BCUT2D eigenvalue weighted by Gasteiger charge is 2.23. The first-order valence-electron chi connectivity index (χ1n) is 7.09. The number of carbonyl (C=O) groups is 1. The average molecular weight is 305 g/mol. The van der Waals surface area contributed by atoms with Crippen molar-refractivity contribution < 1.29 is 4.79 Å². The minimum absolute atomic E-state index is 0.0841. The molecule has 0 atom stereocenters. The summed E-state index contributed by atoms with van der Waals surface area (Å²) in [6.45, 7) is 3.88. The maximum absolute atomic E-state index is 12.1. The number of aryl methyl sites for hydroxylation is 2. The van der Waals surface area contributed by atoms with Gasteiger partial charge in [-0.25, -0.2) is 4.98 Å². The lowest BCUT2D eigenvalue weighted by Crippen LogP contribution is -2.44. The van der Waals surface area contributed by atoms with Crippen LogP contribution in [0, 0.1) is 6.92 Å². The minimum atomic E-state index is -0.0841. The van der Waals surface area contributed by atoms with Gasteiger partial charge in [0, 0.05) is 37.8 Å². The Morgan fingerprint density at radius 2 is 2.19 bits per heavy atom. The van der Waals surface area contributed by atoms with Crippen LogP contribution in [0.2, 0.25) is 0 Å². The van der Waals surface area contributed by atoms with E-state index < -0.39 is 0 Å². The van der Waals surface area contributed by atoms with E-state index in [0.717, 1.165) is 36.8 Å². The van der Waals surface area contributed by atoms with Crippen molar-refractivity contribution in [3.8, 4) is 0 Å². The molecular weight excluding hydrogens is 286 g/mol. The van der Waals surface area contributed by atoms with E-state index in [1.807, 2.05) is 14.0 Å². The number of rotatable bonds is 3. The highest BCUT2D eigenvalue weighted by molar-refractivity contribution is 7.13. The molecule has 6 nitrogen and oxygen atoms in total. The number of nitrogens with zero attached hydrogens (tertiary/aromatic N) is 4. The number of anilines is 1.